The van der Waals surface area contributed by atoms with Crippen LogP contribution in [0.2, 0.25) is 10.0 Å². The molecule has 1 amide bonds. The highest BCUT2D eigenvalue weighted by Gasteiger charge is 2.30. The Bertz CT molecular complexity index is 1290. The zero-order valence-corrected chi connectivity index (χ0v) is 21.0. The predicted molar refractivity (Wildman–Crippen MR) is 133 cm³/mol. The van der Waals surface area contributed by atoms with Gasteiger partial charge in [-0.3, -0.25) is 9.10 Å². The maximum Gasteiger partial charge on any atom is 0.268 e. The molecule has 174 valence electrons. The smallest absolute Gasteiger partial charge is 0.268 e. The minimum Gasteiger partial charge on any atom is -0.495 e. The highest BCUT2D eigenvalue weighted by atomic mass is 35.5. The molecule has 0 aromatic heterocycles. The summed E-state index contributed by atoms with van der Waals surface area (Å²) in [5.41, 5.74) is 3.37. The molecule has 0 aliphatic rings. The fourth-order valence-electron chi connectivity index (χ4n) is 3.26. The first kappa shape index (κ1) is 24.9. The maximum atomic E-state index is 13.8. The van der Waals surface area contributed by atoms with E-state index in [4.69, 9.17) is 27.9 Å². The van der Waals surface area contributed by atoms with E-state index in [1.54, 1.807) is 31.2 Å². The fraction of sp³-hybridized carbons (Fsp3) is 0.208. The lowest BCUT2D eigenvalue weighted by Gasteiger charge is -2.26. The van der Waals surface area contributed by atoms with E-state index in [2.05, 4.69) is 5.32 Å². The first-order valence-electron chi connectivity index (χ1n) is 10.0. The summed E-state index contributed by atoms with van der Waals surface area (Å²) in [6.45, 7) is 5.13. The van der Waals surface area contributed by atoms with Gasteiger partial charge >= 0.3 is 0 Å². The van der Waals surface area contributed by atoms with Crippen molar-refractivity contribution in [2.24, 2.45) is 0 Å². The molecule has 0 heterocycles. The van der Waals surface area contributed by atoms with Gasteiger partial charge in [-0.15, -0.1) is 0 Å². The molecule has 3 rings (SSSR count). The highest BCUT2D eigenvalue weighted by Crippen LogP contribution is 2.32. The lowest BCUT2D eigenvalue weighted by molar-refractivity contribution is -0.114. The number of halogens is 2. The lowest BCUT2D eigenvalue weighted by atomic mass is 10.1. The van der Waals surface area contributed by atoms with Gasteiger partial charge in [-0.2, -0.15) is 0 Å². The molecule has 0 radical (unpaired) electrons. The molecule has 0 spiro atoms. The van der Waals surface area contributed by atoms with E-state index in [1.807, 2.05) is 19.9 Å². The van der Waals surface area contributed by atoms with Crippen LogP contribution in [-0.2, 0) is 14.8 Å². The van der Waals surface area contributed by atoms with E-state index in [9.17, 15) is 13.2 Å². The Hall–Kier alpha value is -2.74. The molecule has 0 aliphatic carbocycles. The van der Waals surface area contributed by atoms with E-state index >= 15 is 0 Å². The predicted octanol–water partition coefficient (Wildman–Crippen LogP) is 5.76. The van der Waals surface area contributed by atoms with Crippen molar-refractivity contribution >= 4 is 50.5 Å². The first-order valence-corrected chi connectivity index (χ1v) is 12.2. The molecule has 0 atom stereocenters. The lowest BCUT2D eigenvalue weighted by Crippen LogP contribution is -2.38. The Balaban J connectivity index is 2.05. The molecule has 6 nitrogen and oxygen atoms in total. The van der Waals surface area contributed by atoms with Gasteiger partial charge in [0.1, 0.15) is 17.2 Å². The van der Waals surface area contributed by atoms with Gasteiger partial charge < -0.3 is 10.1 Å². The van der Waals surface area contributed by atoms with E-state index in [0.29, 0.717) is 21.4 Å². The molecular weight excluding hydrogens is 483 g/mol. The van der Waals surface area contributed by atoms with Crippen molar-refractivity contribution in [2.75, 3.05) is 23.3 Å². The van der Waals surface area contributed by atoms with E-state index < -0.39 is 22.5 Å². The van der Waals surface area contributed by atoms with Gasteiger partial charge in [-0.05, 0) is 79.9 Å². The molecular formula is C24H24Cl2N2O4S. The first-order chi connectivity index (χ1) is 15.5. The Morgan fingerprint density at radius 3 is 2.21 bits per heavy atom. The fourth-order valence-corrected chi connectivity index (χ4v) is 5.44. The van der Waals surface area contributed by atoms with Crippen LogP contribution in [0.4, 0.5) is 11.4 Å². The number of rotatable bonds is 7. The number of carbonyl (C=O) groups is 1. The number of ether oxygens (including phenoxy) is 1. The van der Waals surface area contributed by atoms with Gasteiger partial charge in [0.2, 0.25) is 5.91 Å². The molecule has 0 unspecified atom stereocenters. The number of carbonyl (C=O) groups excluding carboxylic acids is 1. The Morgan fingerprint density at radius 1 is 0.939 bits per heavy atom. The van der Waals surface area contributed by atoms with Crippen LogP contribution < -0.4 is 14.4 Å². The van der Waals surface area contributed by atoms with Crippen LogP contribution in [0.5, 0.6) is 5.75 Å². The van der Waals surface area contributed by atoms with Crippen molar-refractivity contribution in [3.8, 4) is 5.75 Å². The number of nitrogens with one attached hydrogen (secondary N) is 1. The van der Waals surface area contributed by atoms with E-state index in [1.165, 1.54) is 31.4 Å². The van der Waals surface area contributed by atoms with Crippen molar-refractivity contribution < 1.29 is 17.9 Å². The average Bonchev–Trinajstić information content (AvgIpc) is 2.73. The molecule has 1 N–H and O–H groups in total. The van der Waals surface area contributed by atoms with Crippen molar-refractivity contribution in [3.05, 3.63) is 81.3 Å². The summed E-state index contributed by atoms with van der Waals surface area (Å²) in [6, 6.07) is 14.7. The standard InChI is InChI=1S/C24H24Cl2N2O4S/c1-15-5-8-22(32-4)23(9-15)33(30,31)28(21-7-6-16(2)17(3)10-21)14-24(29)27-20-12-18(25)11-19(26)13-20/h5-13H,14H2,1-4H3,(H,27,29). The molecule has 3 aromatic carbocycles. The molecule has 3 aromatic rings. The molecule has 0 saturated carbocycles. The number of methoxy groups -OCH3 is 1. The summed E-state index contributed by atoms with van der Waals surface area (Å²) < 4.78 is 33.9. The van der Waals surface area contributed by atoms with Crippen LogP contribution >= 0.6 is 23.2 Å². The summed E-state index contributed by atoms with van der Waals surface area (Å²) in [6.07, 6.45) is 0. The second-order valence-corrected chi connectivity index (χ2v) is 10.3. The maximum absolute atomic E-state index is 13.8. The van der Waals surface area contributed by atoms with Crippen LogP contribution in [0.25, 0.3) is 0 Å². The zero-order valence-electron chi connectivity index (χ0n) is 18.6. The SMILES string of the molecule is COc1ccc(C)cc1S(=O)(=O)N(CC(=O)Nc1cc(Cl)cc(Cl)c1)c1ccc(C)c(C)c1. The van der Waals surface area contributed by atoms with Gasteiger partial charge in [-0.25, -0.2) is 8.42 Å². The van der Waals surface area contributed by atoms with E-state index in [0.717, 1.165) is 21.0 Å². The number of aryl methyl sites for hydroxylation is 3. The number of amides is 1. The van der Waals surface area contributed by atoms with Crippen molar-refractivity contribution in [1.82, 2.24) is 0 Å². The second kappa shape index (κ2) is 10.0. The summed E-state index contributed by atoms with van der Waals surface area (Å²) in [4.78, 5) is 12.9. The molecule has 0 saturated heterocycles. The van der Waals surface area contributed by atoms with Gasteiger partial charge in [0.05, 0.1) is 12.8 Å². The minimum atomic E-state index is -4.16. The number of nitrogens with zero attached hydrogens (tertiary/aromatic N) is 1. The number of benzene rings is 3. The van der Waals surface area contributed by atoms with Crippen LogP contribution in [0.15, 0.2) is 59.5 Å². The third-order valence-corrected chi connectivity index (χ3v) is 7.33. The normalized spacial score (nSPS) is 11.2. The quantitative estimate of drug-likeness (QED) is 0.441. The third-order valence-electron chi connectivity index (χ3n) is 5.10. The highest BCUT2D eigenvalue weighted by molar-refractivity contribution is 7.93. The van der Waals surface area contributed by atoms with Crippen molar-refractivity contribution in [3.63, 3.8) is 0 Å². The van der Waals surface area contributed by atoms with Crippen LogP contribution in [0.1, 0.15) is 16.7 Å². The monoisotopic (exact) mass is 506 g/mol. The van der Waals surface area contributed by atoms with Crippen molar-refractivity contribution in [2.45, 2.75) is 25.7 Å². The molecule has 0 fully saturated rings. The van der Waals surface area contributed by atoms with Crippen LogP contribution in [0, 0.1) is 20.8 Å². The number of hydrogen-bond donors (Lipinski definition) is 1. The summed E-state index contributed by atoms with van der Waals surface area (Å²) in [5, 5.41) is 3.36. The van der Waals surface area contributed by atoms with Crippen LogP contribution in [-0.4, -0.2) is 28.0 Å². The zero-order chi connectivity index (χ0) is 24.3. The molecule has 9 heteroatoms. The Kier molecular flexibility index (Phi) is 7.57. The Labute approximate surface area is 204 Å². The number of anilines is 2. The number of hydrogen-bond acceptors (Lipinski definition) is 4. The summed E-state index contributed by atoms with van der Waals surface area (Å²) in [7, 11) is -2.75. The topological polar surface area (TPSA) is 75.7 Å². The Morgan fingerprint density at radius 2 is 1.61 bits per heavy atom. The van der Waals surface area contributed by atoms with E-state index in [-0.39, 0.29) is 10.6 Å². The van der Waals surface area contributed by atoms with Gasteiger partial charge in [-0.1, -0.05) is 35.3 Å². The molecule has 0 bridgehead atoms. The van der Waals surface area contributed by atoms with Gasteiger partial charge in [0.15, 0.2) is 0 Å². The minimum absolute atomic E-state index is 0.0261. The second-order valence-electron chi connectivity index (χ2n) is 7.64. The summed E-state index contributed by atoms with van der Waals surface area (Å²) >= 11 is 12.0. The van der Waals surface area contributed by atoms with Crippen molar-refractivity contribution in [1.29, 1.82) is 0 Å². The number of sulfonamides is 1. The largest absolute Gasteiger partial charge is 0.495 e. The molecule has 0 aliphatic heterocycles. The van der Waals surface area contributed by atoms with Crippen LogP contribution in [0.3, 0.4) is 0 Å². The average molecular weight is 507 g/mol. The third kappa shape index (κ3) is 5.79. The molecule has 33 heavy (non-hydrogen) atoms. The summed E-state index contributed by atoms with van der Waals surface area (Å²) in [5.74, 6) is -0.363. The van der Waals surface area contributed by atoms with Gasteiger partial charge in [0, 0.05) is 15.7 Å². The van der Waals surface area contributed by atoms with Gasteiger partial charge in [0.25, 0.3) is 10.0 Å².